The number of rotatable bonds is 6. The molecule has 0 atom stereocenters. The van der Waals surface area contributed by atoms with Gasteiger partial charge in [0.1, 0.15) is 23.3 Å². The fraction of sp³-hybridized carbons (Fsp3) is 0.375. The van der Waals surface area contributed by atoms with E-state index in [1.54, 1.807) is 6.07 Å². The number of hydrogen-bond acceptors (Lipinski definition) is 1. The van der Waals surface area contributed by atoms with Crippen LogP contribution in [-0.2, 0) is 0 Å². The van der Waals surface area contributed by atoms with E-state index in [9.17, 15) is 13.2 Å². The van der Waals surface area contributed by atoms with E-state index in [0.717, 1.165) is 37.7 Å². The first-order valence-electron chi connectivity index (χ1n) is 9.84. The molecule has 0 unspecified atom stereocenters. The molecule has 2 aromatic rings. The van der Waals surface area contributed by atoms with Crippen molar-refractivity contribution in [3.8, 4) is 17.2 Å². The van der Waals surface area contributed by atoms with Crippen LogP contribution in [0.2, 0.25) is 0 Å². The highest BCUT2D eigenvalue weighted by molar-refractivity contribution is 5.65. The van der Waals surface area contributed by atoms with E-state index in [4.69, 9.17) is 5.26 Å². The summed E-state index contributed by atoms with van der Waals surface area (Å²) >= 11 is 0. The van der Waals surface area contributed by atoms with Gasteiger partial charge in [0.25, 0.3) is 0 Å². The van der Waals surface area contributed by atoms with Gasteiger partial charge in [0.05, 0.1) is 6.67 Å². The van der Waals surface area contributed by atoms with Gasteiger partial charge in [-0.1, -0.05) is 36.4 Å². The maximum atomic E-state index is 13.8. The predicted molar refractivity (Wildman–Crippen MR) is 106 cm³/mol. The summed E-state index contributed by atoms with van der Waals surface area (Å²) in [5, 5.41) is 8.78. The average Bonchev–Trinajstić information content (AvgIpc) is 2.72. The number of nitrogens with zero attached hydrogens (tertiary/aromatic N) is 1. The zero-order valence-electron chi connectivity index (χ0n) is 15.8. The Labute approximate surface area is 164 Å². The molecular weight excluding hydrogens is 359 g/mol. The van der Waals surface area contributed by atoms with Crippen LogP contribution < -0.4 is 0 Å². The molecule has 0 radical (unpaired) electrons. The lowest BCUT2D eigenvalue weighted by atomic mass is 9.78. The highest BCUT2D eigenvalue weighted by Crippen LogP contribution is 2.37. The summed E-state index contributed by atoms with van der Waals surface area (Å²) in [5.41, 5.74) is 1.87. The lowest BCUT2D eigenvalue weighted by Gasteiger charge is -2.27. The van der Waals surface area contributed by atoms with Gasteiger partial charge in [0, 0.05) is 0 Å². The molecule has 0 N–H and O–H groups in total. The minimum atomic E-state index is -0.834. The van der Waals surface area contributed by atoms with Gasteiger partial charge in [-0.15, -0.1) is 0 Å². The molecule has 0 bridgehead atoms. The number of allylic oxidation sites excluding steroid dienone is 2. The van der Waals surface area contributed by atoms with E-state index in [1.807, 2.05) is 24.3 Å². The summed E-state index contributed by atoms with van der Waals surface area (Å²) in [6.45, 7) is -0.255. The van der Waals surface area contributed by atoms with Crippen LogP contribution in [0.5, 0.6) is 0 Å². The van der Waals surface area contributed by atoms with Crippen LogP contribution in [0.1, 0.15) is 55.6 Å². The van der Waals surface area contributed by atoms with Crippen molar-refractivity contribution in [2.24, 2.45) is 5.92 Å². The number of halogens is 3. The highest BCUT2D eigenvalue weighted by Gasteiger charge is 2.21. The van der Waals surface area contributed by atoms with E-state index in [0.29, 0.717) is 23.8 Å². The van der Waals surface area contributed by atoms with Crippen molar-refractivity contribution < 1.29 is 13.2 Å². The third kappa shape index (κ3) is 4.84. The molecule has 1 saturated carbocycles. The fourth-order valence-corrected chi connectivity index (χ4v) is 3.92. The van der Waals surface area contributed by atoms with Crippen LogP contribution in [0.25, 0.3) is 11.1 Å². The smallest absolute Gasteiger partial charge is 0.144 e. The first-order valence-corrected chi connectivity index (χ1v) is 9.84. The molecule has 2 aromatic carbocycles. The maximum Gasteiger partial charge on any atom is 0.144 e. The molecule has 1 nitrogen and oxygen atoms in total. The van der Waals surface area contributed by atoms with Gasteiger partial charge in [-0.05, 0) is 79.2 Å². The van der Waals surface area contributed by atoms with Crippen LogP contribution in [0.3, 0.4) is 0 Å². The quantitative estimate of drug-likeness (QED) is 0.386. The molecule has 146 valence electrons. The number of benzene rings is 2. The van der Waals surface area contributed by atoms with Crippen molar-refractivity contribution in [3.63, 3.8) is 0 Å². The van der Waals surface area contributed by atoms with Crippen LogP contribution in [-0.4, -0.2) is 6.67 Å². The molecule has 28 heavy (non-hydrogen) atoms. The van der Waals surface area contributed by atoms with Gasteiger partial charge in [-0.2, -0.15) is 5.26 Å². The summed E-state index contributed by atoms with van der Waals surface area (Å²) in [5.74, 6) is -0.586. The Morgan fingerprint density at radius 1 is 0.964 bits per heavy atom. The minimum absolute atomic E-state index is 0.255. The Balaban J connectivity index is 1.63. The van der Waals surface area contributed by atoms with E-state index < -0.39 is 17.2 Å². The largest absolute Gasteiger partial charge is 0.251 e. The van der Waals surface area contributed by atoms with Gasteiger partial charge in [-0.25, -0.2) is 8.78 Å². The number of alkyl halides is 1. The molecule has 1 aliphatic carbocycles. The van der Waals surface area contributed by atoms with Gasteiger partial charge in [-0.3, -0.25) is 4.39 Å². The molecule has 0 aromatic heterocycles. The second kappa shape index (κ2) is 9.59. The Bertz CT molecular complexity index is 833. The summed E-state index contributed by atoms with van der Waals surface area (Å²) in [6, 6.07) is 11.8. The molecule has 1 aliphatic rings. The Hall–Kier alpha value is -2.54. The molecule has 0 spiro atoms. The maximum absolute atomic E-state index is 13.8. The monoisotopic (exact) mass is 383 g/mol. The molecule has 3 rings (SSSR count). The summed E-state index contributed by atoms with van der Waals surface area (Å²) in [4.78, 5) is 0. The second-order valence-corrected chi connectivity index (χ2v) is 7.42. The van der Waals surface area contributed by atoms with Crippen molar-refractivity contribution in [1.82, 2.24) is 0 Å². The molecular formula is C24H24F3N. The topological polar surface area (TPSA) is 23.8 Å². The first kappa shape index (κ1) is 20.2. The van der Waals surface area contributed by atoms with Crippen molar-refractivity contribution in [2.45, 2.75) is 44.4 Å². The predicted octanol–water partition coefficient (Wildman–Crippen LogP) is 7.08. The third-order valence-electron chi connectivity index (χ3n) is 5.55. The lowest BCUT2D eigenvalue weighted by molar-refractivity contribution is 0.375. The molecule has 0 heterocycles. The van der Waals surface area contributed by atoms with Crippen LogP contribution >= 0.6 is 0 Å². The molecule has 0 amide bonds. The van der Waals surface area contributed by atoms with Crippen molar-refractivity contribution in [3.05, 3.63) is 71.3 Å². The van der Waals surface area contributed by atoms with Gasteiger partial charge >= 0.3 is 0 Å². The SMILES string of the molecule is N#Cc1c(F)cc(-c2ccc([C@H]3CC[C@H](C=CCCCF)CC3)cc2)cc1F. The first-order chi connectivity index (χ1) is 13.6. The fourth-order valence-electron chi connectivity index (χ4n) is 3.92. The van der Waals surface area contributed by atoms with Crippen molar-refractivity contribution in [1.29, 1.82) is 5.26 Å². The summed E-state index contributed by atoms with van der Waals surface area (Å²) in [7, 11) is 0. The third-order valence-corrected chi connectivity index (χ3v) is 5.55. The number of hydrogen-bond donors (Lipinski definition) is 0. The van der Waals surface area contributed by atoms with E-state index in [-0.39, 0.29) is 6.67 Å². The van der Waals surface area contributed by atoms with Gasteiger partial charge in [0.15, 0.2) is 0 Å². The molecule has 4 heteroatoms. The Morgan fingerprint density at radius 2 is 1.61 bits per heavy atom. The Morgan fingerprint density at radius 3 is 2.18 bits per heavy atom. The average molecular weight is 383 g/mol. The van der Waals surface area contributed by atoms with E-state index in [1.165, 1.54) is 17.7 Å². The second-order valence-electron chi connectivity index (χ2n) is 7.42. The van der Waals surface area contributed by atoms with Crippen molar-refractivity contribution in [2.75, 3.05) is 6.67 Å². The zero-order chi connectivity index (χ0) is 19.9. The van der Waals surface area contributed by atoms with E-state index in [2.05, 4.69) is 12.2 Å². The highest BCUT2D eigenvalue weighted by atomic mass is 19.1. The van der Waals surface area contributed by atoms with Gasteiger partial charge < -0.3 is 0 Å². The molecule has 0 saturated heterocycles. The Kier molecular flexibility index (Phi) is 6.92. The van der Waals surface area contributed by atoms with Crippen molar-refractivity contribution >= 4 is 0 Å². The minimum Gasteiger partial charge on any atom is -0.251 e. The molecule has 1 fully saturated rings. The van der Waals surface area contributed by atoms with Crippen LogP contribution in [0.4, 0.5) is 13.2 Å². The van der Waals surface area contributed by atoms with Crippen LogP contribution in [0, 0.1) is 28.9 Å². The number of unbranched alkanes of at least 4 members (excludes halogenated alkanes) is 1. The van der Waals surface area contributed by atoms with Gasteiger partial charge in [0.2, 0.25) is 0 Å². The van der Waals surface area contributed by atoms with E-state index >= 15 is 0 Å². The standard InChI is InChI=1S/C24H24F3N/c25-13-3-1-2-4-17-5-7-18(8-6-17)19-9-11-20(12-10-19)21-14-23(26)22(16-28)24(27)15-21/h2,4,9-12,14-15,17-18H,1,3,5-8,13H2/t17-,18-. The summed E-state index contributed by atoms with van der Waals surface area (Å²) in [6.07, 6.45) is 10.2. The lowest BCUT2D eigenvalue weighted by Crippen LogP contribution is -2.11. The molecule has 0 aliphatic heterocycles. The van der Waals surface area contributed by atoms with Crippen LogP contribution in [0.15, 0.2) is 48.6 Å². The number of nitriles is 1. The normalized spacial score (nSPS) is 19.6. The zero-order valence-corrected chi connectivity index (χ0v) is 15.8. The summed E-state index contributed by atoms with van der Waals surface area (Å²) < 4.78 is 39.8.